The van der Waals surface area contributed by atoms with E-state index < -0.39 is 10.1 Å². The van der Waals surface area contributed by atoms with Crippen LogP contribution in [0.4, 0.5) is 0 Å². The number of benzene rings is 1. The third kappa shape index (κ3) is 4.27. The van der Waals surface area contributed by atoms with Crippen molar-refractivity contribution < 1.29 is 22.1 Å². The van der Waals surface area contributed by atoms with E-state index in [1.165, 1.54) is 26.2 Å². The van der Waals surface area contributed by atoms with Crippen molar-refractivity contribution in [3.05, 3.63) is 29.8 Å². The van der Waals surface area contributed by atoms with Gasteiger partial charge < -0.3 is 4.74 Å². The molecule has 5 rings (SSSR count). The van der Waals surface area contributed by atoms with Crippen molar-refractivity contribution >= 4 is 16.1 Å². The molecule has 1 aromatic rings. The lowest BCUT2D eigenvalue weighted by atomic mass is 9.50. The third-order valence-electron chi connectivity index (χ3n) is 9.70. The summed E-state index contributed by atoms with van der Waals surface area (Å²) in [5.41, 5.74) is 0.971. The standard InChI is InChI=1S/C27H38O5S/c1-17-4-8-21(9-5-17)33(29,30)32-26-13-12-25-24-10-6-19-16-20(31-18(2)28)7-11-22(19)23(24)14-15-27(25,26)3/h4-5,8-9,19-20,22-26H,6-7,10-16H2,1-3H3/t19-,20+,22-,23+,24+,25-,26-,27-/m0/s1. The van der Waals surface area contributed by atoms with Crippen molar-refractivity contribution in [3.8, 4) is 0 Å². The Labute approximate surface area is 198 Å². The van der Waals surface area contributed by atoms with Crippen molar-refractivity contribution in [1.29, 1.82) is 0 Å². The Kier molecular flexibility index (Phi) is 6.14. The number of hydrogen-bond acceptors (Lipinski definition) is 5. The van der Waals surface area contributed by atoms with Crippen molar-refractivity contribution in [2.24, 2.45) is 35.0 Å². The van der Waals surface area contributed by atoms with Crippen LogP contribution in [-0.2, 0) is 23.8 Å². The van der Waals surface area contributed by atoms with Gasteiger partial charge in [0.2, 0.25) is 0 Å². The van der Waals surface area contributed by atoms with Gasteiger partial charge in [-0.1, -0.05) is 24.6 Å². The number of fused-ring (bicyclic) bond motifs is 5. The molecule has 4 aliphatic carbocycles. The number of aryl methyl sites for hydroxylation is 1. The molecule has 4 aliphatic rings. The van der Waals surface area contributed by atoms with Crippen molar-refractivity contribution in [2.45, 2.75) is 95.7 Å². The maximum absolute atomic E-state index is 13.0. The first-order valence-electron chi connectivity index (χ1n) is 12.8. The summed E-state index contributed by atoms with van der Waals surface area (Å²) in [5.74, 6) is 3.19. The molecule has 4 saturated carbocycles. The minimum Gasteiger partial charge on any atom is -0.463 e. The molecule has 4 fully saturated rings. The Morgan fingerprint density at radius 1 is 0.939 bits per heavy atom. The Bertz CT molecular complexity index is 986. The van der Waals surface area contributed by atoms with Crippen LogP contribution in [0.2, 0.25) is 0 Å². The lowest BCUT2D eigenvalue weighted by Crippen LogP contribution is -2.50. The molecule has 8 atom stereocenters. The molecule has 0 N–H and O–H groups in total. The van der Waals surface area contributed by atoms with E-state index in [9.17, 15) is 13.2 Å². The second-order valence-corrected chi connectivity index (χ2v) is 13.0. The van der Waals surface area contributed by atoms with Gasteiger partial charge in [0.05, 0.1) is 11.0 Å². The molecule has 0 unspecified atom stereocenters. The third-order valence-corrected chi connectivity index (χ3v) is 11.0. The van der Waals surface area contributed by atoms with E-state index in [2.05, 4.69) is 6.92 Å². The topological polar surface area (TPSA) is 69.7 Å². The molecule has 1 aromatic carbocycles. The second kappa shape index (κ2) is 8.67. The van der Waals surface area contributed by atoms with Crippen molar-refractivity contribution in [3.63, 3.8) is 0 Å². The molecule has 0 bridgehead atoms. The highest BCUT2D eigenvalue weighted by atomic mass is 32.2. The Morgan fingerprint density at radius 3 is 2.39 bits per heavy atom. The molecule has 0 radical (unpaired) electrons. The molecule has 0 amide bonds. The molecule has 182 valence electrons. The molecule has 0 saturated heterocycles. The van der Waals surface area contributed by atoms with Gasteiger partial charge in [0.1, 0.15) is 6.10 Å². The zero-order valence-electron chi connectivity index (χ0n) is 20.2. The summed E-state index contributed by atoms with van der Waals surface area (Å²) in [6.45, 7) is 5.76. The zero-order valence-corrected chi connectivity index (χ0v) is 21.0. The maximum atomic E-state index is 13.0. The smallest absolute Gasteiger partial charge is 0.302 e. The first-order valence-corrected chi connectivity index (χ1v) is 14.3. The first kappa shape index (κ1) is 23.3. The van der Waals surface area contributed by atoms with Crippen LogP contribution in [0.15, 0.2) is 29.2 Å². The lowest BCUT2D eigenvalue weighted by Gasteiger charge is -2.55. The van der Waals surface area contributed by atoms with E-state index in [1.54, 1.807) is 12.1 Å². The molecular formula is C27H38O5S. The molecular weight excluding hydrogens is 436 g/mol. The number of hydrogen-bond donors (Lipinski definition) is 0. The summed E-state index contributed by atoms with van der Waals surface area (Å²) >= 11 is 0. The number of esters is 1. The van der Waals surface area contributed by atoms with Gasteiger partial charge in [-0.15, -0.1) is 0 Å². The van der Waals surface area contributed by atoms with Crippen LogP contribution in [0.3, 0.4) is 0 Å². The van der Waals surface area contributed by atoms with Crippen LogP contribution >= 0.6 is 0 Å². The fourth-order valence-corrected chi connectivity index (χ4v) is 9.38. The summed E-state index contributed by atoms with van der Waals surface area (Å²) in [4.78, 5) is 11.7. The number of rotatable bonds is 4. The summed E-state index contributed by atoms with van der Waals surface area (Å²) in [6, 6.07) is 6.97. The van der Waals surface area contributed by atoms with Crippen LogP contribution < -0.4 is 0 Å². The summed E-state index contributed by atoms with van der Waals surface area (Å²) in [7, 11) is -3.76. The van der Waals surface area contributed by atoms with Gasteiger partial charge in [0.25, 0.3) is 10.1 Å². The van der Waals surface area contributed by atoms with Gasteiger partial charge >= 0.3 is 5.97 Å². The van der Waals surface area contributed by atoms with Crippen LogP contribution in [0.5, 0.6) is 0 Å². The highest BCUT2D eigenvalue weighted by Crippen LogP contribution is 2.63. The monoisotopic (exact) mass is 474 g/mol. The lowest BCUT2D eigenvalue weighted by molar-refractivity contribution is -0.152. The van der Waals surface area contributed by atoms with E-state index >= 15 is 0 Å². The molecule has 6 heteroatoms. The highest BCUT2D eigenvalue weighted by molar-refractivity contribution is 7.86. The van der Waals surface area contributed by atoms with E-state index in [1.807, 2.05) is 19.1 Å². The normalized spacial score (nSPS) is 40.4. The first-order chi connectivity index (χ1) is 15.7. The number of carbonyl (C=O) groups is 1. The van der Waals surface area contributed by atoms with E-state index in [-0.39, 0.29) is 28.5 Å². The van der Waals surface area contributed by atoms with Crippen molar-refractivity contribution in [1.82, 2.24) is 0 Å². The van der Waals surface area contributed by atoms with Crippen LogP contribution in [0.25, 0.3) is 0 Å². The quantitative estimate of drug-likeness (QED) is 0.416. The molecule has 0 spiro atoms. The molecule has 33 heavy (non-hydrogen) atoms. The average Bonchev–Trinajstić information content (AvgIpc) is 3.09. The van der Waals surface area contributed by atoms with Gasteiger partial charge in [-0.25, -0.2) is 0 Å². The summed E-state index contributed by atoms with van der Waals surface area (Å²) in [6.07, 6.45) is 9.59. The van der Waals surface area contributed by atoms with Crippen LogP contribution in [0.1, 0.15) is 77.2 Å². The Morgan fingerprint density at radius 2 is 1.67 bits per heavy atom. The van der Waals surface area contributed by atoms with Gasteiger partial charge in [-0.3, -0.25) is 8.98 Å². The fourth-order valence-electron chi connectivity index (χ4n) is 8.18. The summed E-state index contributed by atoms with van der Waals surface area (Å²) < 4.78 is 37.6. The van der Waals surface area contributed by atoms with Crippen LogP contribution in [0, 0.1) is 41.9 Å². The zero-order chi connectivity index (χ0) is 23.4. The SMILES string of the molecule is CC(=O)O[C@@H]1CC[C@H]2[C@@H](CC[C@@H]3[C@@H]2CC[C@]2(C)[C@@H](OS(=O)(=O)c4ccc(C)cc4)CC[C@@H]32)C1. The predicted molar refractivity (Wildman–Crippen MR) is 126 cm³/mol. The van der Waals surface area contributed by atoms with Gasteiger partial charge in [0, 0.05) is 6.92 Å². The summed E-state index contributed by atoms with van der Waals surface area (Å²) in [5, 5.41) is 0. The Balaban J connectivity index is 1.28. The predicted octanol–water partition coefficient (Wildman–Crippen LogP) is 5.65. The van der Waals surface area contributed by atoms with Crippen LogP contribution in [-0.4, -0.2) is 26.6 Å². The minimum atomic E-state index is -3.76. The largest absolute Gasteiger partial charge is 0.463 e. The van der Waals surface area contributed by atoms with E-state index in [0.717, 1.165) is 55.9 Å². The molecule has 5 nitrogen and oxygen atoms in total. The van der Waals surface area contributed by atoms with Gasteiger partial charge in [-0.2, -0.15) is 8.42 Å². The number of ether oxygens (including phenoxy) is 1. The molecule has 0 aromatic heterocycles. The Hall–Kier alpha value is -1.40. The highest BCUT2D eigenvalue weighted by Gasteiger charge is 2.58. The fraction of sp³-hybridized carbons (Fsp3) is 0.741. The van der Waals surface area contributed by atoms with Gasteiger partial charge in [0.15, 0.2) is 0 Å². The number of carbonyl (C=O) groups excluding carboxylic acids is 1. The van der Waals surface area contributed by atoms with Crippen molar-refractivity contribution in [2.75, 3.05) is 0 Å². The molecule has 0 aliphatic heterocycles. The maximum Gasteiger partial charge on any atom is 0.302 e. The second-order valence-electron chi connectivity index (χ2n) is 11.5. The average molecular weight is 475 g/mol. The van der Waals surface area contributed by atoms with Gasteiger partial charge in [-0.05, 0) is 112 Å². The van der Waals surface area contributed by atoms with E-state index in [0.29, 0.717) is 17.8 Å². The minimum absolute atomic E-state index is 0.0687. The molecule has 0 heterocycles. The van der Waals surface area contributed by atoms with E-state index in [4.69, 9.17) is 8.92 Å².